The Hall–Kier alpha value is -1.88. The second-order valence-corrected chi connectivity index (χ2v) is 5.48. The van der Waals surface area contributed by atoms with E-state index < -0.39 is 0 Å². The first kappa shape index (κ1) is 14.5. The summed E-state index contributed by atoms with van der Waals surface area (Å²) in [5, 5.41) is 8.37. The molecule has 0 fully saturated rings. The summed E-state index contributed by atoms with van der Waals surface area (Å²) in [5.41, 5.74) is 2.19. The van der Waals surface area contributed by atoms with Crippen LogP contribution in [-0.2, 0) is 6.54 Å². The highest BCUT2D eigenvalue weighted by Crippen LogP contribution is 2.09. The van der Waals surface area contributed by atoms with Crippen molar-refractivity contribution < 1.29 is 0 Å². The van der Waals surface area contributed by atoms with Gasteiger partial charge in [-0.3, -0.25) is 0 Å². The molecular weight excluding hydrogens is 268 g/mol. The number of hydrogen-bond donors (Lipinski definition) is 1. The van der Waals surface area contributed by atoms with E-state index in [0.717, 1.165) is 22.9 Å². The minimum Gasteiger partial charge on any atom is -0.360 e. The maximum atomic E-state index is 5.34. The maximum Gasteiger partial charge on any atom is 0.169 e. The van der Waals surface area contributed by atoms with Crippen LogP contribution >= 0.6 is 12.2 Å². The van der Waals surface area contributed by atoms with Crippen molar-refractivity contribution in [3.63, 3.8) is 0 Å². The molecular formula is C15H20N4S. The fourth-order valence-electron chi connectivity index (χ4n) is 1.87. The Kier molecular flexibility index (Phi) is 4.74. The van der Waals surface area contributed by atoms with Gasteiger partial charge in [-0.1, -0.05) is 18.2 Å². The monoisotopic (exact) mass is 288 g/mol. The van der Waals surface area contributed by atoms with E-state index >= 15 is 0 Å². The van der Waals surface area contributed by atoms with Crippen LogP contribution in [0.1, 0.15) is 19.4 Å². The lowest BCUT2D eigenvalue weighted by Gasteiger charge is -2.22. The van der Waals surface area contributed by atoms with Crippen LogP contribution < -0.4 is 5.32 Å². The third-order valence-corrected chi connectivity index (χ3v) is 3.26. The first-order valence-electron chi connectivity index (χ1n) is 6.67. The van der Waals surface area contributed by atoms with Crippen LogP contribution in [0.3, 0.4) is 0 Å². The van der Waals surface area contributed by atoms with Gasteiger partial charge < -0.3 is 10.2 Å². The average molecular weight is 288 g/mol. The van der Waals surface area contributed by atoms with Gasteiger partial charge in [0.2, 0.25) is 0 Å². The summed E-state index contributed by atoms with van der Waals surface area (Å²) in [6.07, 6.45) is 3.91. The lowest BCUT2D eigenvalue weighted by atomic mass is 10.3. The third-order valence-electron chi connectivity index (χ3n) is 2.84. The first-order chi connectivity index (χ1) is 9.56. The number of nitrogens with one attached hydrogen (secondary N) is 1. The molecule has 0 saturated heterocycles. The van der Waals surface area contributed by atoms with Crippen molar-refractivity contribution in [1.82, 2.24) is 20.0 Å². The largest absolute Gasteiger partial charge is 0.360 e. The molecule has 0 aliphatic rings. The number of thiocarbonyl (C=S) groups is 1. The Balaban J connectivity index is 2.01. The molecule has 0 saturated carbocycles. The highest BCUT2D eigenvalue weighted by Gasteiger charge is 2.08. The predicted octanol–water partition coefficient (Wildman–Crippen LogP) is 2.59. The average Bonchev–Trinajstić information content (AvgIpc) is 2.87. The maximum absolute atomic E-state index is 5.34. The Labute approximate surface area is 125 Å². The van der Waals surface area contributed by atoms with E-state index in [1.807, 2.05) is 59.4 Å². The Morgan fingerprint density at radius 2 is 2.05 bits per heavy atom. The molecule has 0 bridgehead atoms. The van der Waals surface area contributed by atoms with Crippen molar-refractivity contribution in [1.29, 1.82) is 0 Å². The second kappa shape index (κ2) is 6.52. The molecule has 0 atom stereocenters. The third kappa shape index (κ3) is 3.81. The van der Waals surface area contributed by atoms with Gasteiger partial charge in [-0.2, -0.15) is 5.10 Å². The van der Waals surface area contributed by atoms with Crippen molar-refractivity contribution in [2.75, 3.05) is 7.05 Å². The van der Waals surface area contributed by atoms with E-state index in [9.17, 15) is 0 Å². The fraction of sp³-hybridized carbons (Fsp3) is 0.333. The summed E-state index contributed by atoms with van der Waals surface area (Å²) in [6, 6.07) is 10.4. The van der Waals surface area contributed by atoms with Crippen LogP contribution in [-0.4, -0.2) is 32.9 Å². The van der Waals surface area contributed by atoms with Crippen molar-refractivity contribution >= 4 is 17.3 Å². The van der Waals surface area contributed by atoms with Crippen LogP contribution in [0.5, 0.6) is 0 Å². The zero-order valence-corrected chi connectivity index (χ0v) is 12.9. The SMILES string of the molecule is CC(C)NC(=S)N(C)Cc1cnn(-c2ccccc2)c1. The Morgan fingerprint density at radius 1 is 1.35 bits per heavy atom. The molecule has 4 nitrogen and oxygen atoms in total. The molecule has 20 heavy (non-hydrogen) atoms. The highest BCUT2D eigenvalue weighted by atomic mass is 32.1. The molecule has 0 unspecified atom stereocenters. The van der Waals surface area contributed by atoms with Crippen molar-refractivity contribution in [2.45, 2.75) is 26.4 Å². The van der Waals surface area contributed by atoms with Gasteiger partial charge in [0.15, 0.2) is 5.11 Å². The van der Waals surface area contributed by atoms with Crippen LogP contribution in [0.2, 0.25) is 0 Å². The topological polar surface area (TPSA) is 33.1 Å². The van der Waals surface area contributed by atoms with Gasteiger partial charge in [-0.25, -0.2) is 4.68 Å². The van der Waals surface area contributed by atoms with E-state index in [1.165, 1.54) is 0 Å². The minimum atomic E-state index is 0.344. The normalized spacial score (nSPS) is 10.6. The zero-order chi connectivity index (χ0) is 14.5. The molecule has 106 valence electrons. The number of aromatic nitrogens is 2. The van der Waals surface area contributed by atoms with Gasteiger partial charge >= 0.3 is 0 Å². The first-order valence-corrected chi connectivity index (χ1v) is 7.07. The Bertz CT molecular complexity index is 562. The van der Waals surface area contributed by atoms with Gasteiger partial charge in [0.1, 0.15) is 0 Å². The van der Waals surface area contributed by atoms with Crippen molar-refractivity contribution in [3.05, 3.63) is 48.3 Å². The standard InChI is InChI=1S/C15H20N4S/c1-12(2)17-15(20)18(3)10-13-9-16-19(11-13)14-7-5-4-6-8-14/h4-9,11-12H,10H2,1-3H3,(H,17,20). The van der Waals surface area contributed by atoms with Crippen LogP contribution in [0, 0.1) is 0 Å². The van der Waals surface area contributed by atoms with Gasteiger partial charge in [0, 0.05) is 31.4 Å². The number of rotatable bonds is 4. The van der Waals surface area contributed by atoms with Gasteiger partial charge in [0.25, 0.3) is 0 Å². The van der Waals surface area contributed by atoms with E-state index in [4.69, 9.17) is 12.2 Å². The molecule has 2 aromatic rings. The van der Waals surface area contributed by atoms with Gasteiger partial charge in [-0.15, -0.1) is 0 Å². The quantitative estimate of drug-likeness (QED) is 0.877. The van der Waals surface area contributed by atoms with E-state index in [-0.39, 0.29) is 0 Å². The van der Waals surface area contributed by atoms with Crippen LogP contribution in [0.25, 0.3) is 5.69 Å². The van der Waals surface area contributed by atoms with Crippen LogP contribution in [0.4, 0.5) is 0 Å². The Morgan fingerprint density at radius 3 is 2.70 bits per heavy atom. The summed E-state index contributed by atoms with van der Waals surface area (Å²) in [6.45, 7) is 4.90. The fourth-order valence-corrected chi connectivity index (χ4v) is 2.17. The van der Waals surface area contributed by atoms with Crippen LogP contribution in [0.15, 0.2) is 42.7 Å². The van der Waals surface area contributed by atoms with Gasteiger partial charge in [0.05, 0.1) is 11.9 Å². The lowest BCUT2D eigenvalue weighted by Crippen LogP contribution is -2.40. The number of nitrogens with zero attached hydrogens (tertiary/aromatic N) is 3. The highest BCUT2D eigenvalue weighted by molar-refractivity contribution is 7.80. The second-order valence-electron chi connectivity index (χ2n) is 5.09. The number of benzene rings is 1. The summed E-state index contributed by atoms with van der Waals surface area (Å²) in [5.74, 6) is 0. The molecule has 1 aromatic heterocycles. The lowest BCUT2D eigenvalue weighted by molar-refractivity contribution is 0.480. The predicted molar refractivity (Wildman–Crippen MR) is 85.9 cm³/mol. The molecule has 1 N–H and O–H groups in total. The number of hydrogen-bond acceptors (Lipinski definition) is 2. The molecule has 0 radical (unpaired) electrons. The van der Waals surface area contributed by atoms with Crippen molar-refractivity contribution in [3.8, 4) is 5.69 Å². The van der Waals surface area contributed by atoms with E-state index in [1.54, 1.807) is 0 Å². The molecule has 5 heteroatoms. The summed E-state index contributed by atoms with van der Waals surface area (Å²) in [7, 11) is 1.98. The molecule has 0 aliphatic carbocycles. The summed E-state index contributed by atoms with van der Waals surface area (Å²) >= 11 is 5.34. The molecule has 0 aliphatic heterocycles. The molecule has 1 heterocycles. The smallest absolute Gasteiger partial charge is 0.169 e. The molecule has 0 spiro atoms. The molecule has 2 rings (SSSR count). The minimum absolute atomic E-state index is 0.344. The van der Waals surface area contributed by atoms with Crippen molar-refractivity contribution in [2.24, 2.45) is 0 Å². The summed E-state index contributed by atoms with van der Waals surface area (Å²) < 4.78 is 1.88. The zero-order valence-electron chi connectivity index (χ0n) is 12.1. The molecule has 1 aromatic carbocycles. The van der Waals surface area contributed by atoms with E-state index in [2.05, 4.69) is 24.3 Å². The van der Waals surface area contributed by atoms with Gasteiger partial charge in [-0.05, 0) is 38.2 Å². The molecule has 0 amide bonds. The number of para-hydroxylation sites is 1. The summed E-state index contributed by atoms with van der Waals surface area (Å²) in [4.78, 5) is 2.02. The van der Waals surface area contributed by atoms with E-state index in [0.29, 0.717) is 6.04 Å².